The number of ether oxygens (including phenoxy) is 1. The number of rotatable bonds is 5. The van der Waals surface area contributed by atoms with E-state index in [0.29, 0.717) is 11.7 Å². The molecular weight excluding hydrogens is 362 g/mol. The van der Waals surface area contributed by atoms with Crippen LogP contribution in [0.4, 0.5) is 0 Å². The van der Waals surface area contributed by atoms with Crippen LogP contribution in [0.25, 0.3) is 0 Å². The summed E-state index contributed by atoms with van der Waals surface area (Å²) in [6, 6.07) is 5.71. The first-order valence-corrected chi connectivity index (χ1v) is 7.36. The molecule has 0 radical (unpaired) electrons. The average molecular weight is 379 g/mol. The van der Waals surface area contributed by atoms with E-state index in [1.807, 2.05) is 25.1 Å². The highest BCUT2D eigenvalue weighted by atomic mass is 79.9. The van der Waals surface area contributed by atoms with Gasteiger partial charge >= 0.3 is 0 Å². The van der Waals surface area contributed by atoms with Gasteiger partial charge in [0.15, 0.2) is 6.61 Å². The standard InChI is InChI=1S/C13H17Br2NO2/c1-8(2)9(3)16-13(17)7-18-12-5-4-10(14)6-11(12)15/h4-6,8-9H,7H2,1-3H3,(H,16,17)/t9-/m1/s1. The molecule has 0 heterocycles. The molecule has 1 atom stereocenters. The fourth-order valence-corrected chi connectivity index (χ4v) is 2.36. The Kier molecular flexibility index (Phi) is 6.15. The zero-order valence-electron chi connectivity index (χ0n) is 10.7. The smallest absolute Gasteiger partial charge is 0.258 e. The van der Waals surface area contributed by atoms with Crippen molar-refractivity contribution >= 4 is 37.8 Å². The number of hydrogen-bond acceptors (Lipinski definition) is 2. The van der Waals surface area contributed by atoms with E-state index >= 15 is 0 Å². The van der Waals surface area contributed by atoms with E-state index in [9.17, 15) is 4.79 Å². The average Bonchev–Trinajstić information content (AvgIpc) is 2.27. The van der Waals surface area contributed by atoms with Crippen molar-refractivity contribution in [3.8, 4) is 5.75 Å². The minimum Gasteiger partial charge on any atom is -0.483 e. The molecule has 1 amide bonds. The lowest BCUT2D eigenvalue weighted by Gasteiger charge is -2.17. The molecule has 1 N–H and O–H groups in total. The Bertz CT molecular complexity index is 421. The molecule has 0 aliphatic rings. The van der Waals surface area contributed by atoms with Crippen molar-refractivity contribution in [2.45, 2.75) is 26.8 Å². The second kappa shape index (κ2) is 7.14. The Morgan fingerprint density at radius 2 is 2.00 bits per heavy atom. The number of carbonyl (C=O) groups is 1. The highest BCUT2D eigenvalue weighted by molar-refractivity contribution is 9.11. The van der Waals surface area contributed by atoms with Gasteiger partial charge in [0, 0.05) is 10.5 Å². The van der Waals surface area contributed by atoms with Gasteiger partial charge in [-0.25, -0.2) is 0 Å². The first-order valence-electron chi connectivity index (χ1n) is 5.77. The Morgan fingerprint density at radius 1 is 1.33 bits per heavy atom. The highest BCUT2D eigenvalue weighted by Crippen LogP contribution is 2.28. The maximum absolute atomic E-state index is 11.6. The van der Waals surface area contributed by atoms with Gasteiger partial charge in [-0.2, -0.15) is 0 Å². The van der Waals surface area contributed by atoms with Gasteiger partial charge in [-0.15, -0.1) is 0 Å². The quantitative estimate of drug-likeness (QED) is 0.847. The van der Waals surface area contributed by atoms with E-state index in [-0.39, 0.29) is 18.6 Å². The first kappa shape index (κ1) is 15.5. The van der Waals surface area contributed by atoms with Crippen LogP contribution in [0.1, 0.15) is 20.8 Å². The number of amides is 1. The maximum Gasteiger partial charge on any atom is 0.258 e. The normalized spacial score (nSPS) is 12.3. The molecule has 1 aromatic rings. The van der Waals surface area contributed by atoms with Crippen molar-refractivity contribution < 1.29 is 9.53 Å². The fraction of sp³-hybridized carbons (Fsp3) is 0.462. The maximum atomic E-state index is 11.6. The van der Waals surface area contributed by atoms with Crippen LogP contribution in [-0.4, -0.2) is 18.6 Å². The molecule has 3 nitrogen and oxygen atoms in total. The Hall–Kier alpha value is -0.550. The van der Waals surface area contributed by atoms with Gasteiger partial charge in [0.1, 0.15) is 5.75 Å². The molecule has 1 aromatic carbocycles. The number of hydrogen-bond donors (Lipinski definition) is 1. The van der Waals surface area contributed by atoms with Gasteiger partial charge in [0.25, 0.3) is 5.91 Å². The number of benzene rings is 1. The van der Waals surface area contributed by atoms with E-state index in [1.54, 1.807) is 0 Å². The summed E-state index contributed by atoms with van der Waals surface area (Å²) in [5, 5.41) is 2.89. The minimum absolute atomic E-state index is 0.0251. The molecule has 0 saturated carbocycles. The number of nitrogens with one attached hydrogen (secondary N) is 1. The Morgan fingerprint density at radius 3 is 2.56 bits per heavy atom. The second-order valence-electron chi connectivity index (χ2n) is 4.46. The zero-order chi connectivity index (χ0) is 13.7. The number of halogens is 2. The molecule has 0 fully saturated rings. The van der Waals surface area contributed by atoms with Gasteiger partial charge in [0.05, 0.1) is 4.47 Å². The van der Waals surface area contributed by atoms with Crippen LogP contribution in [0.2, 0.25) is 0 Å². The van der Waals surface area contributed by atoms with Gasteiger partial charge in [-0.1, -0.05) is 29.8 Å². The van der Waals surface area contributed by atoms with Crippen molar-refractivity contribution in [1.29, 1.82) is 0 Å². The van der Waals surface area contributed by atoms with Crippen molar-refractivity contribution in [1.82, 2.24) is 5.32 Å². The molecule has 100 valence electrons. The summed E-state index contributed by atoms with van der Waals surface area (Å²) in [6.07, 6.45) is 0. The third-order valence-electron chi connectivity index (χ3n) is 2.64. The summed E-state index contributed by atoms with van der Waals surface area (Å²) in [4.78, 5) is 11.6. The van der Waals surface area contributed by atoms with Crippen molar-refractivity contribution in [3.05, 3.63) is 27.1 Å². The molecule has 0 aliphatic carbocycles. The van der Waals surface area contributed by atoms with Gasteiger partial charge in [0.2, 0.25) is 0 Å². The first-order chi connectivity index (χ1) is 8.40. The lowest BCUT2D eigenvalue weighted by Crippen LogP contribution is -2.38. The van der Waals surface area contributed by atoms with Gasteiger partial charge in [-0.05, 0) is 47.0 Å². The SMILES string of the molecule is CC(C)[C@@H](C)NC(=O)COc1ccc(Br)cc1Br. The van der Waals surface area contributed by atoms with Crippen molar-refractivity contribution in [2.24, 2.45) is 5.92 Å². The van der Waals surface area contributed by atoms with Crippen LogP contribution < -0.4 is 10.1 Å². The van der Waals surface area contributed by atoms with Gasteiger partial charge in [-0.3, -0.25) is 4.79 Å². The predicted molar refractivity (Wildman–Crippen MR) is 79.8 cm³/mol. The molecule has 0 unspecified atom stereocenters. The lowest BCUT2D eigenvalue weighted by molar-refractivity contribution is -0.124. The molecule has 0 aliphatic heterocycles. The van der Waals surface area contributed by atoms with Crippen LogP contribution >= 0.6 is 31.9 Å². The van der Waals surface area contributed by atoms with E-state index in [1.165, 1.54) is 0 Å². The van der Waals surface area contributed by atoms with E-state index in [2.05, 4.69) is 51.0 Å². The van der Waals surface area contributed by atoms with Crippen LogP contribution in [0, 0.1) is 5.92 Å². The third-order valence-corrected chi connectivity index (χ3v) is 3.75. The van der Waals surface area contributed by atoms with Crippen LogP contribution in [0.5, 0.6) is 5.75 Å². The summed E-state index contributed by atoms with van der Waals surface area (Å²) in [5.74, 6) is 0.963. The zero-order valence-corrected chi connectivity index (χ0v) is 13.8. The molecule has 0 spiro atoms. The van der Waals surface area contributed by atoms with E-state index < -0.39 is 0 Å². The Labute approximate surface area is 125 Å². The molecule has 18 heavy (non-hydrogen) atoms. The molecule has 5 heteroatoms. The molecule has 1 rings (SSSR count). The monoisotopic (exact) mass is 377 g/mol. The van der Waals surface area contributed by atoms with Gasteiger partial charge < -0.3 is 10.1 Å². The van der Waals surface area contributed by atoms with Crippen molar-refractivity contribution in [3.63, 3.8) is 0 Å². The topological polar surface area (TPSA) is 38.3 Å². The summed E-state index contributed by atoms with van der Waals surface area (Å²) < 4.78 is 7.23. The lowest BCUT2D eigenvalue weighted by atomic mass is 10.1. The predicted octanol–water partition coefficient (Wildman–Crippen LogP) is 3.75. The number of carbonyl (C=O) groups excluding carboxylic acids is 1. The Balaban J connectivity index is 2.47. The highest BCUT2D eigenvalue weighted by Gasteiger charge is 2.11. The largest absolute Gasteiger partial charge is 0.483 e. The van der Waals surface area contributed by atoms with Crippen LogP contribution in [0.3, 0.4) is 0 Å². The van der Waals surface area contributed by atoms with Crippen LogP contribution in [-0.2, 0) is 4.79 Å². The summed E-state index contributed by atoms with van der Waals surface area (Å²) in [5.41, 5.74) is 0. The summed E-state index contributed by atoms with van der Waals surface area (Å²) >= 11 is 6.74. The third kappa shape index (κ3) is 4.98. The van der Waals surface area contributed by atoms with E-state index in [4.69, 9.17) is 4.74 Å². The molecular formula is C13H17Br2NO2. The van der Waals surface area contributed by atoms with E-state index in [0.717, 1.165) is 8.95 Å². The molecule has 0 saturated heterocycles. The summed E-state index contributed by atoms with van der Waals surface area (Å²) in [6.45, 7) is 6.14. The summed E-state index contributed by atoms with van der Waals surface area (Å²) in [7, 11) is 0. The fourth-order valence-electron chi connectivity index (χ4n) is 1.20. The van der Waals surface area contributed by atoms with Crippen LogP contribution in [0.15, 0.2) is 27.1 Å². The molecule has 0 aromatic heterocycles. The molecule has 0 bridgehead atoms. The second-order valence-corrected chi connectivity index (χ2v) is 6.23. The van der Waals surface area contributed by atoms with Crippen molar-refractivity contribution in [2.75, 3.05) is 6.61 Å². The minimum atomic E-state index is -0.106.